The summed E-state index contributed by atoms with van der Waals surface area (Å²) in [5.74, 6) is -0.685. The molecule has 226 valence electrons. The van der Waals surface area contributed by atoms with Gasteiger partial charge in [0.15, 0.2) is 0 Å². The minimum atomic E-state index is -4.30. The van der Waals surface area contributed by atoms with E-state index in [9.17, 15) is 22.4 Å². The standard InChI is InChI=1S/C32H40FN3O5S/c1-6-30(32(38)34-20-23(3)4)35(21-25-11-9-8-10-24(25)5)31(37)22-36(27-14-16-28(17-15-27)41-7-2)42(39,40)29-18-12-26(33)13-19-29/h8-19,23,30H,6-7,20-22H2,1-5H3,(H,34,38)/t30-/m0/s1. The summed E-state index contributed by atoms with van der Waals surface area (Å²) < 4.78 is 48.0. The molecule has 0 unspecified atom stereocenters. The van der Waals surface area contributed by atoms with Crippen LogP contribution in [0.25, 0.3) is 0 Å². The minimum Gasteiger partial charge on any atom is -0.494 e. The molecular weight excluding hydrogens is 557 g/mol. The summed E-state index contributed by atoms with van der Waals surface area (Å²) in [5.41, 5.74) is 2.01. The van der Waals surface area contributed by atoms with Crippen LogP contribution < -0.4 is 14.4 Å². The second-order valence-corrected chi connectivity index (χ2v) is 12.3. The SMILES string of the molecule is CCOc1ccc(N(CC(=O)N(Cc2ccccc2C)[C@@H](CC)C(=O)NCC(C)C)S(=O)(=O)c2ccc(F)cc2)cc1. The zero-order valence-electron chi connectivity index (χ0n) is 24.8. The van der Waals surface area contributed by atoms with E-state index in [1.165, 1.54) is 4.90 Å². The van der Waals surface area contributed by atoms with Gasteiger partial charge in [-0.05, 0) is 85.8 Å². The monoisotopic (exact) mass is 597 g/mol. The van der Waals surface area contributed by atoms with Crippen LogP contribution in [0.2, 0.25) is 0 Å². The van der Waals surface area contributed by atoms with Crippen molar-refractivity contribution in [3.8, 4) is 5.75 Å². The molecule has 0 heterocycles. The van der Waals surface area contributed by atoms with E-state index in [2.05, 4.69) is 5.32 Å². The zero-order valence-corrected chi connectivity index (χ0v) is 25.7. The summed E-state index contributed by atoms with van der Waals surface area (Å²) in [6.07, 6.45) is 0.329. The summed E-state index contributed by atoms with van der Waals surface area (Å²) in [4.78, 5) is 28.7. The highest BCUT2D eigenvalue weighted by Crippen LogP contribution is 2.27. The first-order valence-corrected chi connectivity index (χ1v) is 15.5. The van der Waals surface area contributed by atoms with Crippen molar-refractivity contribution < 1.29 is 27.1 Å². The molecule has 0 saturated heterocycles. The number of hydrogen-bond donors (Lipinski definition) is 1. The number of carbonyl (C=O) groups is 2. The normalized spacial score (nSPS) is 12.1. The fraction of sp³-hybridized carbons (Fsp3) is 0.375. The highest BCUT2D eigenvalue weighted by molar-refractivity contribution is 7.92. The van der Waals surface area contributed by atoms with Gasteiger partial charge in [0.1, 0.15) is 24.2 Å². The summed E-state index contributed by atoms with van der Waals surface area (Å²) >= 11 is 0. The number of rotatable bonds is 14. The first-order valence-electron chi connectivity index (χ1n) is 14.1. The van der Waals surface area contributed by atoms with Gasteiger partial charge >= 0.3 is 0 Å². The Bertz CT molecular complexity index is 1440. The van der Waals surface area contributed by atoms with E-state index in [4.69, 9.17) is 4.74 Å². The van der Waals surface area contributed by atoms with Gasteiger partial charge in [-0.2, -0.15) is 0 Å². The van der Waals surface area contributed by atoms with Gasteiger partial charge in [0, 0.05) is 13.1 Å². The Labute approximate surface area is 248 Å². The van der Waals surface area contributed by atoms with Crippen molar-refractivity contribution in [1.82, 2.24) is 10.2 Å². The molecule has 42 heavy (non-hydrogen) atoms. The third kappa shape index (κ3) is 8.31. The van der Waals surface area contributed by atoms with Crippen LogP contribution in [-0.4, -0.2) is 50.9 Å². The molecule has 8 nitrogen and oxygen atoms in total. The van der Waals surface area contributed by atoms with E-state index < -0.39 is 34.3 Å². The van der Waals surface area contributed by atoms with Crippen LogP contribution in [-0.2, 0) is 26.2 Å². The molecule has 0 aliphatic heterocycles. The van der Waals surface area contributed by atoms with Gasteiger partial charge in [0.2, 0.25) is 11.8 Å². The Hall–Kier alpha value is -3.92. The third-order valence-electron chi connectivity index (χ3n) is 6.79. The second kappa shape index (κ2) is 14.8. The maximum absolute atomic E-state index is 14.1. The predicted octanol–water partition coefficient (Wildman–Crippen LogP) is 5.31. The Morgan fingerprint density at radius 1 is 0.952 bits per heavy atom. The topological polar surface area (TPSA) is 96.0 Å². The average Bonchev–Trinajstić information content (AvgIpc) is 2.96. The smallest absolute Gasteiger partial charge is 0.264 e. The molecule has 3 aromatic carbocycles. The molecule has 0 spiro atoms. The Balaban J connectivity index is 2.06. The lowest BCUT2D eigenvalue weighted by Gasteiger charge is -2.33. The largest absolute Gasteiger partial charge is 0.494 e. The van der Waals surface area contributed by atoms with Gasteiger partial charge in [0.25, 0.3) is 10.0 Å². The van der Waals surface area contributed by atoms with Crippen LogP contribution >= 0.6 is 0 Å². The van der Waals surface area contributed by atoms with Gasteiger partial charge in [-0.25, -0.2) is 12.8 Å². The number of nitrogens with one attached hydrogen (secondary N) is 1. The molecule has 0 aliphatic rings. The molecular formula is C32H40FN3O5S. The summed E-state index contributed by atoms with van der Waals surface area (Å²) in [7, 11) is -4.30. The number of carbonyl (C=O) groups excluding carboxylic acids is 2. The molecule has 1 atom stereocenters. The van der Waals surface area contributed by atoms with Crippen molar-refractivity contribution in [1.29, 1.82) is 0 Å². The first kappa shape index (κ1) is 32.6. The number of benzene rings is 3. The van der Waals surface area contributed by atoms with Crippen LogP contribution in [0.3, 0.4) is 0 Å². The fourth-order valence-electron chi connectivity index (χ4n) is 4.45. The molecule has 3 rings (SSSR count). The highest BCUT2D eigenvalue weighted by Gasteiger charge is 2.34. The molecule has 2 amide bonds. The number of hydrogen-bond acceptors (Lipinski definition) is 5. The summed E-state index contributed by atoms with van der Waals surface area (Å²) in [6.45, 7) is 9.95. The van der Waals surface area contributed by atoms with E-state index >= 15 is 0 Å². The number of sulfonamides is 1. The van der Waals surface area contributed by atoms with Crippen LogP contribution in [0, 0.1) is 18.7 Å². The third-order valence-corrected chi connectivity index (χ3v) is 8.58. The van der Waals surface area contributed by atoms with Crippen LogP contribution in [0.15, 0.2) is 77.7 Å². The van der Waals surface area contributed by atoms with Gasteiger partial charge in [-0.1, -0.05) is 45.0 Å². The molecule has 0 bridgehead atoms. The highest BCUT2D eigenvalue weighted by atomic mass is 32.2. The van der Waals surface area contributed by atoms with Crippen LogP contribution in [0.5, 0.6) is 5.75 Å². The molecule has 1 N–H and O–H groups in total. The fourth-order valence-corrected chi connectivity index (χ4v) is 5.87. The Morgan fingerprint density at radius 2 is 1.60 bits per heavy atom. The van der Waals surface area contributed by atoms with Crippen molar-refractivity contribution in [2.24, 2.45) is 5.92 Å². The first-order chi connectivity index (χ1) is 20.0. The minimum absolute atomic E-state index is 0.118. The average molecular weight is 598 g/mol. The molecule has 3 aromatic rings. The number of nitrogens with zero attached hydrogens (tertiary/aromatic N) is 2. The number of halogens is 1. The summed E-state index contributed by atoms with van der Waals surface area (Å²) in [5, 5.41) is 2.92. The lowest BCUT2D eigenvalue weighted by molar-refractivity contribution is -0.140. The van der Waals surface area contributed by atoms with E-state index in [0.717, 1.165) is 39.7 Å². The molecule has 10 heteroatoms. The van der Waals surface area contributed by atoms with E-state index in [1.807, 2.05) is 58.9 Å². The Morgan fingerprint density at radius 3 is 2.17 bits per heavy atom. The van der Waals surface area contributed by atoms with Gasteiger partial charge in [-0.15, -0.1) is 0 Å². The molecule has 0 aliphatic carbocycles. The van der Waals surface area contributed by atoms with Crippen LogP contribution in [0.4, 0.5) is 10.1 Å². The molecule has 0 radical (unpaired) electrons. The summed E-state index contributed by atoms with van der Waals surface area (Å²) in [6, 6.07) is 17.5. The lowest BCUT2D eigenvalue weighted by atomic mass is 10.1. The number of ether oxygens (including phenoxy) is 1. The van der Waals surface area contributed by atoms with Gasteiger partial charge in [0.05, 0.1) is 17.2 Å². The quantitative estimate of drug-likeness (QED) is 0.272. The van der Waals surface area contributed by atoms with Crippen molar-refractivity contribution in [3.63, 3.8) is 0 Å². The number of amides is 2. The van der Waals surface area contributed by atoms with Gasteiger partial charge in [-0.3, -0.25) is 13.9 Å². The maximum Gasteiger partial charge on any atom is 0.264 e. The van der Waals surface area contributed by atoms with Crippen molar-refractivity contribution >= 4 is 27.5 Å². The van der Waals surface area contributed by atoms with Crippen molar-refractivity contribution in [2.75, 3.05) is 24.0 Å². The van der Waals surface area contributed by atoms with Crippen LogP contribution in [0.1, 0.15) is 45.2 Å². The maximum atomic E-state index is 14.1. The van der Waals surface area contributed by atoms with E-state index in [0.29, 0.717) is 25.3 Å². The molecule has 0 aromatic heterocycles. The van der Waals surface area contributed by atoms with Crippen molar-refractivity contribution in [3.05, 3.63) is 89.7 Å². The second-order valence-electron chi connectivity index (χ2n) is 10.4. The Kier molecular flexibility index (Phi) is 11.5. The number of anilines is 1. The van der Waals surface area contributed by atoms with Crippen molar-refractivity contribution in [2.45, 2.75) is 58.5 Å². The van der Waals surface area contributed by atoms with E-state index in [1.54, 1.807) is 24.3 Å². The number of aryl methyl sites for hydroxylation is 1. The lowest BCUT2D eigenvalue weighted by Crippen LogP contribution is -2.52. The zero-order chi connectivity index (χ0) is 30.9. The predicted molar refractivity (Wildman–Crippen MR) is 162 cm³/mol. The van der Waals surface area contributed by atoms with E-state index in [-0.39, 0.29) is 29.0 Å². The van der Waals surface area contributed by atoms with Gasteiger partial charge < -0.3 is 15.0 Å². The molecule has 0 saturated carbocycles. The molecule has 0 fully saturated rings.